The van der Waals surface area contributed by atoms with Gasteiger partial charge in [0.05, 0.1) is 6.04 Å². The molecule has 4 rings (SSSR count). The van der Waals surface area contributed by atoms with Gasteiger partial charge in [-0.15, -0.1) is 0 Å². The van der Waals surface area contributed by atoms with E-state index in [0.717, 1.165) is 23.4 Å². The van der Waals surface area contributed by atoms with Gasteiger partial charge in [0.1, 0.15) is 0 Å². The van der Waals surface area contributed by atoms with E-state index in [0.29, 0.717) is 18.3 Å². The molecule has 0 spiro atoms. The van der Waals surface area contributed by atoms with Crippen LogP contribution in [0.4, 0.5) is 0 Å². The van der Waals surface area contributed by atoms with Gasteiger partial charge < -0.3 is 9.84 Å². The van der Waals surface area contributed by atoms with Crippen molar-refractivity contribution in [2.45, 2.75) is 32.9 Å². The van der Waals surface area contributed by atoms with Crippen LogP contribution in [0.5, 0.6) is 0 Å². The smallest absolute Gasteiger partial charge is 0.243 e. The third-order valence-electron chi connectivity index (χ3n) is 4.52. The van der Waals surface area contributed by atoms with Crippen molar-refractivity contribution in [2.24, 2.45) is 0 Å². The monoisotopic (exact) mass is 359 g/mol. The predicted octanol–water partition coefficient (Wildman–Crippen LogP) is 4.23. The lowest BCUT2D eigenvalue weighted by Gasteiger charge is -2.12. The van der Waals surface area contributed by atoms with Crippen LogP contribution < -0.4 is 5.32 Å². The average Bonchev–Trinajstić information content (AvgIpc) is 3.15. The van der Waals surface area contributed by atoms with Crippen LogP contribution in [0.3, 0.4) is 0 Å². The second-order valence-electron chi connectivity index (χ2n) is 6.50. The standard InChI is InChI=1S/C21H21N5O/c1-3-19(21-25-14(2)26-27-21)22-11-15-12-23-20(24-13-15)18-9-8-16-6-4-5-7-17(16)10-18/h4-10,12-13,19,22H,3,11H2,1-2H3. The SMILES string of the molecule is CCC(NCc1cnc(-c2ccc3ccccc3c2)nc1)c1nc(C)no1. The van der Waals surface area contributed by atoms with Crippen molar-refractivity contribution >= 4 is 10.8 Å². The average molecular weight is 359 g/mol. The summed E-state index contributed by atoms with van der Waals surface area (Å²) in [6.45, 7) is 4.54. The lowest BCUT2D eigenvalue weighted by Crippen LogP contribution is -2.20. The highest BCUT2D eigenvalue weighted by Gasteiger charge is 2.15. The lowest BCUT2D eigenvalue weighted by molar-refractivity contribution is 0.323. The molecule has 2 aromatic carbocycles. The topological polar surface area (TPSA) is 76.7 Å². The molecule has 0 saturated carbocycles. The van der Waals surface area contributed by atoms with E-state index < -0.39 is 0 Å². The van der Waals surface area contributed by atoms with Crippen LogP contribution in [0, 0.1) is 6.92 Å². The Hall–Kier alpha value is -3.12. The molecule has 6 nitrogen and oxygen atoms in total. The van der Waals surface area contributed by atoms with E-state index in [1.165, 1.54) is 10.8 Å². The molecular weight excluding hydrogens is 338 g/mol. The van der Waals surface area contributed by atoms with Gasteiger partial charge in [-0.05, 0) is 30.2 Å². The first-order valence-corrected chi connectivity index (χ1v) is 9.06. The van der Waals surface area contributed by atoms with Crippen molar-refractivity contribution in [3.05, 3.63) is 72.1 Å². The summed E-state index contributed by atoms with van der Waals surface area (Å²) in [6.07, 6.45) is 4.57. The predicted molar refractivity (Wildman–Crippen MR) is 104 cm³/mol. The van der Waals surface area contributed by atoms with Gasteiger partial charge in [-0.3, -0.25) is 0 Å². The molecule has 0 fully saturated rings. The summed E-state index contributed by atoms with van der Waals surface area (Å²) in [7, 11) is 0. The van der Waals surface area contributed by atoms with Crippen molar-refractivity contribution in [3.8, 4) is 11.4 Å². The molecule has 0 saturated heterocycles. The Labute approximate surface area is 157 Å². The minimum absolute atomic E-state index is 0.0198. The zero-order chi connectivity index (χ0) is 18.6. The molecule has 4 aromatic rings. The quantitative estimate of drug-likeness (QED) is 0.555. The molecule has 2 heterocycles. The third-order valence-corrected chi connectivity index (χ3v) is 4.52. The maximum absolute atomic E-state index is 5.26. The summed E-state index contributed by atoms with van der Waals surface area (Å²) in [5.74, 6) is 1.99. The van der Waals surface area contributed by atoms with Crippen molar-refractivity contribution in [1.82, 2.24) is 25.4 Å². The maximum Gasteiger partial charge on any atom is 0.243 e. The number of fused-ring (bicyclic) bond motifs is 1. The molecule has 1 N–H and O–H groups in total. The Balaban J connectivity index is 1.46. The van der Waals surface area contributed by atoms with Gasteiger partial charge in [-0.1, -0.05) is 48.5 Å². The fourth-order valence-electron chi connectivity index (χ4n) is 3.03. The van der Waals surface area contributed by atoms with Crippen molar-refractivity contribution in [1.29, 1.82) is 0 Å². The number of nitrogens with one attached hydrogen (secondary N) is 1. The van der Waals surface area contributed by atoms with Gasteiger partial charge in [0.15, 0.2) is 11.6 Å². The van der Waals surface area contributed by atoms with Crippen molar-refractivity contribution < 1.29 is 4.52 Å². The first-order chi connectivity index (χ1) is 13.2. The first kappa shape index (κ1) is 17.3. The molecule has 136 valence electrons. The maximum atomic E-state index is 5.26. The van der Waals surface area contributed by atoms with E-state index >= 15 is 0 Å². The zero-order valence-corrected chi connectivity index (χ0v) is 15.4. The number of aryl methyl sites for hydroxylation is 1. The highest BCUT2D eigenvalue weighted by molar-refractivity contribution is 5.86. The molecule has 0 radical (unpaired) electrons. The van der Waals surface area contributed by atoms with E-state index in [4.69, 9.17) is 4.52 Å². The van der Waals surface area contributed by atoms with Gasteiger partial charge in [-0.2, -0.15) is 4.98 Å². The highest BCUT2D eigenvalue weighted by atomic mass is 16.5. The van der Waals surface area contributed by atoms with Crippen molar-refractivity contribution in [3.63, 3.8) is 0 Å². The molecule has 27 heavy (non-hydrogen) atoms. The highest BCUT2D eigenvalue weighted by Crippen LogP contribution is 2.22. The summed E-state index contributed by atoms with van der Waals surface area (Å²) >= 11 is 0. The van der Waals surface area contributed by atoms with Crippen LogP contribution in [0.1, 0.15) is 36.7 Å². The fourth-order valence-corrected chi connectivity index (χ4v) is 3.03. The number of aromatic nitrogens is 4. The van der Waals surface area contributed by atoms with Gasteiger partial charge in [0.2, 0.25) is 5.89 Å². The molecule has 1 atom stereocenters. The van der Waals surface area contributed by atoms with Gasteiger partial charge in [-0.25, -0.2) is 9.97 Å². The lowest BCUT2D eigenvalue weighted by atomic mass is 10.1. The van der Waals surface area contributed by atoms with Gasteiger partial charge in [0, 0.05) is 30.1 Å². The molecule has 0 amide bonds. The van der Waals surface area contributed by atoms with Crippen LogP contribution in [0.2, 0.25) is 0 Å². The normalized spacial score (nSPS) is 12.4. The van der Waals surface area contributed by atoms with Crippen LogP contribution in [-0.4, -0.2) is 20.1 Å². The molecule has 2 aromatic heterocycles. The number of hydrogen-bond acceptors (Lipinski definition) is 6. The number of hydrogen-bond donors (Lipinski definition) is 1. The second kappa shape index (κ2) is 7.63. The number of benzene rings is 2. The van der Waals surface area contributed by atoms with Crippen LogP contribution in [0.25, 0.3) is 22.2 Å². The van der Waals surface area contributed by atoms with E-state index in [9.17, 15) is 0 Å². The van der Waals surface area contributed by atoms with Crippen LogP contribution in [-0.2, 0) is 6.54 Å². The van der Waals surface area contributed by atoms with E-state index in [1.54, 1.807) is 0 Å². The number of rotatable bonds is 6. The Bertz CT molecular complexity index is 1040. The minimum Gasteiger partial charge on any atom is -0.338 e. The summed E-state index contributed by atoms with van der Waals surface area (Å²) in [5.41, 5.74) is 2.02. The largest absolute Gasteiger partial charge is 0.338 e. The Kier molecular flexibility index (Phi) is 4.89. The summed E-state index contributed by atoms with van der Waals surface area (Å²) in [6, 6.07) is 14.6. The van der Waals surface area contributed by atoms with Gasteiger partial charge >= 0.3 is 0 Å². The first-order valence-electron chi connectivity index (χ1n) is 9.06. The van der Waals surface area contributed by atoms with Crippen molar-refractivity contribution in [2.75, 3.05) is 0 Å². The van der Waals surface area contributed by atoms with E-state index in [1.807, 2.05) is 31.5 Å². The molecule has 0 bridgehead atoms. The molecule has 0 aliphatic heterocycles. The summed E-state index contributed by atoms with van der Waals surface area (Å²) < 4.78 is 5.26. The van der Waals surface area contributed by atoms with E-state index in [-0.39, 0.29) is 6.04 Å². The Morgan fingerprint density at radius 3 is 2.52 bits per heavy atom. The van der Waals surface area contributed by atoms with Crippen LogP contribution >= 0.6 is 0 Å². The zero-order valence-electron chi connectivity index (χ0n) is 15.4. The molecular formula is C21H21N5O. The fraction of sp³-hybridized carbons (Fsp3) is 0.238. The molecule has 0 aliphatic carbocycles. The number of nitrogens with zero attached hydrogens (tertiary/aromatic N) is 4. The Morgan fingerprint density at radius 1 is 1.04 bits per heavy atom. The summed E-state index contributed by atoms with van der Waals surface area (Å²) in [4.78, 5) is 13.4. The molecule has 0 aliphatic rings. The summed E-state index contributed by atoms with van der Waals surface area (Å²) in [5, 5.41) is 9.68. The minimum atomic E-state index is 0.0198. The van der Waals surface area contributed by atoms with E-state index in [2.05, 4.69) is 62.7 Å². The van der Waals surface area contributed by atoms with Crippen LogP contribution in [0.15, 0.2) is 59.4 Å². The third kappa shape index (κ3) is 3.85. The van der Waals surface area contributed by atoms with Gasteiger partial charge in [0.25, 0.3) is 0 Å². The molecule has 1 unspecified atom stereocenters. The molecule has 6 heteroatoms. The second-order valence-corrected chi connectivity index (χ2v) is 6.50. The Morgan fingerprint density at radius 2 is 1.81 bits per heavy atom.